The third kappa shape index (κ3) is 37.0. The number of aromatic nitrogens is 5. The summed E-state index contributed by atoms with van der Waals surface area (Å²) >= 11 is 13.9. The van der Waals surface area contributed by atoms with Crippen LogP contribution in [0, 0.1) is 109 Å². The number of aldehydes is 1. The van der Waals surface area contributed by atoms with Crippen LogP contribution in [0.3, 0.4) is 0 Å². The monoisotopic (exact) mass is 2000 g/mol. The summed E-state index contributed by atoms with van der Waals surface area (Å²) in [4.78, 5) is 98.0. The number of Topliss-reactive ketones (excluding diaryl/α,β-unsaturated/α-hetero) is 2. The number of piperazine rings is 3. The summed E-state index contributed by atoms with van der Waals surface area (Å²) in [5, 5.41) is 70.5. The minimum atomic E-state index is -5.86. The first-order valence-corrected chi connectivity index (χ1v) is 45.7. The molecule has 5 aromatic heterocycles. The highest BCUT2D eigenvalue weighted by Crippen LogP contribution is 2.48. The van der Waals surface area contributed by atoms with Crippen LogP contribution in [-0.2, 0) is 38.8 Å². The lowest BCUT2D eigenvalue weighted by atomic mass is 10.1. The molecule has 0 spiro atoms. The van der Waals surface area contributed by atoms with E-state index in [2.05, 4.69) is 121 Å². The molecule has 1 amide bonds. The molecule has 6 aliphatic carbocycles. The molecule has 0 atom stereocenters. The standard InChI is InChI=1S/C18H23BrN4O2.C14H17BrN4.C11H8BrF3N2O3S.C10H9BrN2O.C10H10N2O.C5H8O.C4H10N2.C4H5NO.C2H4O2.C2H4O.3C2H6.H3N/c1-12-14(11-20)18(21-17(16(12)19)13-3-4-13)23-8-6-22(7-9-23)15(24)5-10-25-2;1-9-11(8-16)14(19-6-4-17-5-7-19)18-13(12(9)15)10-2-3-10;1-5-7(4-16)10(20-21(18,19)11(13,14)15)17-9(8(5)12)6-2-3-6;1-5-7(4-12)10(14)13-9(8(5)11)6-2-3-6;1-6-4-9(7-2-3-7)12-10(13)8(6)5-11;1-4(6)5-2-3-5;1-2-6-4-3-5-1;1-4(6)2-3-5;1-2(3)4;1-2-3;3*1-2;/h13H,3-10H2,1-2H3;10,17H,2-7H2,1H3;6H,2-3H2,1H3;6H,2-3H2,1H3,(H,13,14);4,7H,2-3H2,1H3,(H,12,13);5H,2-3H2,1H3;5-6H,1-4H2;2H2,1H3;1H3,(H,3,4);2H,1H3;3*1-2H3;1H3. The Balaban J connectivity index is 0.000000719. The normalized spacial score (nSPS) is 15.4. The number of carbonyl (C=O) groups excluding carboxylic acids is 4. The average Bonchev–Trinajstić information content (AvgIpc) is 1.67. The lowest BCUT2D eigenvalue weighted by molar-refractivity contribution is -0.134. The number of hydrogen-bond acceptors (Lipinski definition) is 26. The van der Waals surface area contributed by atoms with Gasteiger partial charge in [-0.05, 0) is 236 Å². The quantitative estimate of drug-likeness (QED) is 0.0308. The van der Waals surface area contributed by atoms with Gasteiger partial charge >= 0.3 is 15.6 Å². The van der Waals surface area contributed by atoms with Crippen LogP contribution in [0.1, 0.15) is 273 Å². The molecule has 0 aromatic carbocycles. The molecule has 124 heavy (non-hydrogen) atoms. The Hall–Kier alpha value is -8.90. The molecule has 680 valence electrons. The molecule has 3 saturated heterocycles. The van der Waals surface area contributed by atoms with Crippen molar-refractivity contribution in [1.29, 1.82) is 31.6 Å². The minimum absolute atomic E-state index is 0. The van der Waals surface area contributed by atoms with E-state index in [-0.39, 0.29) is 58.0 Å². The second-order valence-electron chi connectivity index (χ2n) is 28.6. The van der Waals surface area contributed by atoms with Crippen molar-refractivity contribution in [3.8, 4) is 42.3 Å². The van der Waals surface area contributed by atoms with Gasteiger partial charge in [-0.25, -0.2) is 15.0 Å². The summed E-state index contributed by atoms with van der Waals surface area (Å²) in [7, 11) is -4.26. The van der Waals surface area contributed by atoms with Gasteiger partial charge in [-0.2, -0.15) is 53.2 Å². The van der Waals surface area contributed by atoms with Crippen LogP contribution in [-0.4, -0.2) is 171 Å². The van der Waals surface area contributed by atoms with Gasteiger partial charge in [0.1, 0.15) is 76.5 Å². The number of aromatic amines is 2. The minimum Gasteiger partial charge on any atom is -0.481 e. The number of nitrogens with zero attached hydrogens (tertiary/aromatic N) is 12. The predicted molar refractivity (Wildman–Crippen MR) is 485 cm³/mol. The molecular weight excluding hydrogens is 1890 g/mol. The largest absolute Gasteiger partial charge is 0.534 e. The lowest BCUT2D eigenvalue weighted by Crippen LogP contribution is -2.49. The number of carboxylic acid groups (broad SMARTS) is 1. The highest BCUT2D eigenvalue weighted by molar-refractivity contribution is 9.11. The number of carbonyl (C=O) groups is 5. The fraction of sp³-hybridized carbons (Fsp3) is 0.581. The number of pyridine rings is 5. The smallest absolute Gasteiger partial charge is 0.481 e. The average molecular weight is 2010 g/mol. The Labute approximate surface area is 760 Å². The predicted octanol–water partition coefficient (Wildman–Crippen LogP) is 15.8. The van der Waals surface area contributed by atoms with Crippen LogP contribution < -0.4 is 47.2 Å². The number of aliphatic carboxylic acids is 1. The number of H-pyrrole nitrogens is 2. The van der Waals surface area contributed by atoms with E-state index < -0.39 is 27.5 Å². The molecule has 9 fully saturated rings. The van der Waals surface area contributed by atoms with Crippen LogP contribution >= 0.6 is 63.7 Å². The first-order chi connectivity index (χ1) is 58.5. The summed E-state index contributed by atoms with van der Waals surface area (Å²) in [6.45, 7) is 38.1. The maximum atomic E-state index is 12.4. The maximum Gasteiger partial charge on any atom is 0.534 e. The van der Waals surface area contributed by atoms with Gasteiger partial charge < -0.3 is 65.6 Å². The van der Waals surface area contributed by atoms with Crippen molar-refractivity contribution >= 4 is 115 Å². The van der Waals surface area contributed by atoms with Crippen LogP contribution in [0.25, 0.3) is 0 Å². The van der Waals surface area contributed by atoms with Gasteiger partial charge in [-0.15, -0.1) is 0 Å². The number of rotatable bonds is 14. The van der Waals surface area contributed by atoms with Gasteiger partial charge in [0.05, 0.1) is 53.7 Å². The Kier molecular flexibility index (Phi) is 52.6. The SMILES string of the molecule is C1CNCCN1.CC.CC.CC.CC(=O)C1CC1.CC(=O)CC#N.CC(=O)O.CC=O.COCCC(=O)N1CCN(c2nc(C3CC3)c(Br)c(C)c2C#N)CC1.Cc1c(Br)c(C2CC2)[nH]c(=O)c1C#N.Cc1c(Br)c(C2CC2)nc(N2CCNCC2)c1C#N.Cc1c(Br)c(C2CC2)nc(OS(=O)(=O)C(F)(F)F)c1C#N.Cc1cc(C2CC2)[nH]c(=O)c1C#N.N. The van der Waals surface area contributed by atoms with Gasteiger partial charge in [-0.1, -0.05) is 41.5 Å². The number of ether oxygens (including phenoxy) is 1. The van der Waals surface area contributed by atoms with Crippen molar-refractivity contribution in [2.45, 2.75) is 229 Å². The second-order valence-corrected chi connectivity index (χ2v) is 33.3. The Bertz CT molecular complexity index is 4860. The first-order valence-electron chi connectivity index (χ1n) is 41.1. The summed E-state index contributed by atoms with van der Waals surface area (Å²) < 4.78 is 71.7. The van der Waals surface area contributed by atoms with Crippen molar-refractivity contribution in [2.75, 3.05) is 102 Å². The molecule has 3 aliphatic heterocycles. The molecule has 38 heteroatoms. The summed E-state index contributed by atoms with van der Waals surface area (Å²) in [6, 6.07) is 13.7. The van der Waals surface area contributed by atoms with Crippen molar-refractivity contribution in [2.24, 2.45) is 5.92 Å². The molecule has 6 saturated carbocycles. The second kappa shape index (κ2) is 57.7. The number of methoxy groups -OCH3 is 1. The van der Waals surface area contributed by atoms with Crippen LogP contribution in [0.2, 0.25) is 0 Å². The van der Waals surface area contributed by atoms with Crippen LogP contribution in [0.15, 0.2) is 33.5 Å². The topological polar surface area (TPSA) is 486 Å². The number of hydrogen-bond donors (Lipinski definition) is 7. The third-order valence-corrected chi connectivity index (χ3v) is 24.0. The molecule has 9 N–H and O–H groups in total. The Morgan fingerprint density at radius 2 is 0.919 bits per heavy atom. The van der Waals surface area contributed by atoms with Crippen molar-refractivity contribution in [1.82, 2.24) is 51.9 Å². The lowest BCUT2D eigenvalue weighted by Gasteiger charge is -2.36. The van der Waals surface area contributed by atoms with E-state index in [9.17, 15) is 56.1 Å². The van der Waals surface area contributed by atoms with E-state index in [0.717, 1.165) is 205 Å². The fourth-order valence-corrected chi connectivity index (χ4v) is 14.5. The summed E-state index contributed by atoms with van der Waals surface area (Å²) in [5.41, 5.74) is 3.75. The van der Waals surface area contributed by atoms with Crippen LogP contribution in [0.5, 0.6) is 5.88 Å². The Morgan fingerprint density at radius 1 is 0.556 bits per heavy atom. The molecular formula is C86H119Br4F3N18O12S. The van der Waals surface area contributed by atoms with Gasteiger partial charge in [0, 0.05) is 151 Å². The van der Waals surface area contributed by atoms with Crippen LogP contribution in [0.4, 0.5) is 24.8 Å². The van der Waals surface area contributed by atoms with Gasteiger partial charge in [-0.3, -0.25) is 28.8 Å². The number of ketones is 2. The van der Waals surface area contributed by atoms with Crippen molar-refractivity contribution in [3.05, 3.63) is 129 Å². The van der Waals surface area contributed by atoms with Gasteiger partial charge in [0.15, 0.2) is 0 Å². The van der Waals surface area contributed by atoms with E-state index >= 15 is 0 Å². The number of carboxylic acids is 1. The molecule has 9 aliphatic rings. The number of amides is 1. The molecule has 0 radical (unpaired) electrons. The van der Waals surface area contributed by atoms with E-state index in [1.54, 1.807) is 40.0 Å². The molecule has 14 rings (SSSR count). The van der Waals surface area contributed by atoms with Crippen molar-refractivity contribution in [3.63, 3.8) is 0 Å². The maximum absolute atomic E-state index is 12.4. The Morgan fingerprint density at radius 3 is 1.23 bits per heavy atom. The zero-order valence-corrected chi connectivity index (χ0v) is 80.9. The highest BCUT2D eigenvalue weighted by Gasteiger charge is 2.50. The fourth-order valence-electron chi connectivity index (χ4n) is 11.6. The molecule has 30 nitrogen and oxygen atoms in total. The summed E-state index contributed by atoms with van der Waals surface area (Å²) in [6.07, 6.45) is 14.4. The van der Waals surface area contributed by atoms with E-state index in [1.807, 2.05) is 78.5 Å². The van der Waals surface area contributed by atoms with Gasteiger partial charge in [0.25, 0.3) is 23.0 Å². The zero-order valence-electron chi connectivity index (χ0n) is 73.8. The van der Waals surface area contributed by atoms with Gasteiger partial charge in [0.2, 0.25) is 5.91 Å². The third-order valence-electron chi connectivity index (χ3n) is 19.0. The molecule has 0 unspecified atom stereocenters. The number of aryl methyl sites for hydroxylation is 1. The summed E-state index contributed by atoms with van der Waals surface area (Å²) in [5.74, 6) is 3.00. The first kappa shape index (κ1) is 113. The van der Waals surface area contributed by atoms with E-state index in [1.165, 1.54) is 33.6 Å². The number of anilines is 2. The number of nitrogens with one attached hydrogen (secondary N) is 5. The highest BCUT2D eigenvalue weighted by atomic mass is 79.9. The number of halogens is 7. The van der Waals surface area contributed by atoms with Crippen molar-refractivity contribution < 1.29 is 59.6 Å². The number of alkyl halides is 3. The molecule has 5 aromatic rings. The number of nitriles is 6. The van der Waals surface area contributed by atoms with E-state index in [0.29, 0.717) is 95.9 Å². The molecule has 8 heterocycles. The van der Waals surface area contributed by atoms with E-state index in [4.69, 9.17) is 50.4 Å². The zero-order chi connectivity index (χ0) is 93.2. The molecule has 0 bridgehead atoms.